The second kappa shape index (κ2) is 15.7. The Labute approximate surface area is 272 Å². The first-order valence-corrected chi connectivity index (χ1v) is 15.8. The molecule has 4 aromatic carbocycles. The van der Waals surface area contributed by atoms with E-state index in [0.29, 0.717) is 29.4 Å². The molecule has 1 fully saturated rings. The minimum atomic E-state index is -0.228. The number of hydrogen-bond donors (Lipinski definition) is 1. The van der Waals surface area contributed by atoms with E-state index in [2.05, 4.69) is 48.4 Å². The summed E-state index contributed by atoms with van der Waals surface area (Å²) in [5.74, 6) is 2.77. The number of anilines is 1. The third-order valence-corrected chi connectivity index (χ3v) is 8.22. The van der Waals surface area contributed by atoms with Gasteiger partial charge in [-0.1, -0.05) is 24.3 Å². The molecule has 0 radical (unpaired) electrons. The minimum absolute atomic E-state index is 0.228. The molecule has 1 amide bonds. The van der Waals surface area contributed by atoms with Crippen molar-refractivity contribution in [3.63, 3.8) is 0 Å². The first-order chi connectivity index (χ1) is 22.3. The van der Waals surface area contributed by atoms with Crippen LogP contribution in [0.25, 0.3) is 22.3 Å². The Kier molecular flexibility index (Phi) is 11.2. The summed E-state index contributed by atoms with van der Waals surface area (Å²) >= 11 is 0. The minimum Gasteiger partial charge on any atom is -0.497 e. The van der Waals surface area contributed by atoms with Crippen molar-refractivity contribution in [1.82, 2.24) is 9.80 Å². The van der Waals surface area contributed by atoms with E-state index in [1.165, 1.54) is 0 Å². The summed E-state index contributed by atoms with van der Waals surface area (Å²) in [5, 5.41) is 3.07. The van der Waals surface area contributed by atoms with Crippen LogP contribution in [0.2, 0.25) is 0 Å². The number of nitrogens with one attached hydrogen (secondary N) is 1. The third-order valence-electron chi connectivity index (χ3n) is 8.22. The van der Waals surface area contributed by atoms with Gasteiger partial charge >= 0.3 is 0 Å². The van der Waals surface area contributed by atoms with Gasteiger partial charge in [0.1, 0.15) is 29.1 Å². The van der Waals surface area contributed by atoms with Gasteiger partial charge in [0.25, 0.3) is 5.91 Å². The van der Waals surface area contributed by atoms with E-state index in [1.807, 2.05) is 66.7 Å². The zero-order valence-corrected chi connectivity index (χ0v) is 27.5. The quantitative estimate of drug-likeness (QED) is 0.159. The SMILES string of the molecule is COc1cccc(-c2cc(C(=O)Nc3ccc(-c4ccc(OC5CCN(C)CC5)cc4)c(OCCCN(C)C)c3)ccc2OC)c1. The van der Waals surface area contributed by atoms with E-state index in [9.17, 15) is 4.79 Å². The highest BCUT2D eigenvalue weighted by Crippen LogP contribution is 2.36. The summed E-state index contributed by atoms with van der Waals surface area (Å²) in [6.07, 6.45) is 3.20. The lowest BCUT2D eigenvalue weighted by Gasteiger charge is -2.29. The number of rotatable bonds is 13. The van der Waals surface area contributed by atoms with Gasteiger partial charge in [0.15, 0.2) is 0 Å². The largest absolute Gasteiger partial charge is 0.497 e. The Hall–Kier alpha value is -4.53. The number of carbonyl (C=O) groups is 1. The third kappa shape index (κ3) is 8.59. The van der Waals surface area contributed by atoms with Crippen LogP contribution in [0, 0.1) is 0 Å². The molecule has 5 rings (SSSR count). The molecule has 46 heavy (non-hydrogen) atoms. The number of likely N-dealkylation sites (tertiary alicyclic amines) is 1. The molecule has 0 spiro atoms. The molecule has 8 heteroatoms. The molecule has 1 saturated heterocycles. The molecule has 4 aromatic rings. The monoisotopic (exact) mass is 623 g/mol. The number of ether oxygens (including phenoxy) is 4. The van der Waals surface area contributed by atoms with Crippen LogP contribution in [0.15, 0.2) is 84.9 Å². The second-order valence-corrected chi connectivity index (χ2v) is 12.0. The maximum atomic E-state index is 13.5. The Morgan fingerprint density at radius 3 is 2.33 bits per heavy atom. The van der Waals surface area contributed by atoms with Crippen molar-refractivity contribution in [3.8, 4) is 45.3 Å². The highest BCUT2D eigenvalue weighted by molar-refractivity contribution is 6.05. The second-order valence-electron chi connectivity index (χ2n) is 12.0. The zero-order valence-electron chi connectivity index (χ0n) is 27.5. The molecule has 0 atom stereocenters. The van der Waals surface area contributed by atoms with Crippen LogP contribution in [0.3, 0.4) is 0 Å². The molecule has 8 nitrogen and oxygen atoms in total. The fourth-order valence-corrected chi connectivity index (χ4v) is 5.60. The van der Waals surface area contributed by atoms with Crippen molar-refractivity contribution in [2.45, 2.75) is 25.4 Å². The lowest BCUT2D eigenvalue weighted by Crippen LogP contribution is -2.35. The number of nitrogens with zero attached hydrogens (tertiary/aromatic N) is 2. The Morgan fingerprint density at radius 1 is 0.826 bits per heavy atom. The molecule has 242 valence electrons. The molecule has 0 saturated carbocycles. The van der Waals surface area contributed by atoms with Crippen molar-refractivity contribution in [3.05, 3.63) is 90.5 Å². The molecular formula is C38H45N3O5. The lowest BCUT2D eigenvalue weighted by molar-refractivity contribution is 0.102. The predicted octanol–water partition coefficient (Wildman–Crippen LogP) is 7.09. The van der Waals surface area contributed by atoms with Gasteiger partial charge in [0.2, 0.25) is 0 Å². The summed E-state index contributed by atoms with van der Waals surface area (Å²) in [6.45, 7) is 3.59. The van der Waals surface area contributed by atoms with Crippen LogP contribution in [-0.4, -0.2) is 83.4 Å². The van der Waals surface area contributed by atoms with Gasteiger partial charge in [-0.05, 0) is 106 Å². The van der Waals surface area contributed by atoms with E-state index in [0.717, 1.165) is 72.6 Å². The van der Waals surface area contributed by atoms with Crippen LogP contribution in [-0.2, 0) is 0 Å². The van der Waals surface area contributed by atoms with Crippen molar-refractivity contribution >= 4 is 11.6 Å². The molecule has 1 N–H and O–H groups in total. The van der Waals surface area contributed by atoms with Crippen molar-refractivity contribution in [1.29, 1.82) is 0 Å². The first kappa shape index (κ1) is 32.9. The first-order valence-electron chi connectivity index (χ1n) is 15.8. The van der Waals surface area contributed by atoms with Crippen LogP contribution >= 0.6 is 0 Å². The van der Waals surface area contributed by atoms with Gasteiger partial charge in [-0.3, -0.25) is 4.79 Å². The van der Waals surface area contributed by atoms with Crippen LogP contribution < -0.4 is 24.3 Å². The molecule has 0 unspecified atom stereocenters. The van der Waals surface area contributed by atoms with Gasteiger partial charge in [-0.15, -0.1) is 0 Å². The summed E-state index contributed by atoms with van der Waals surface area (Å²) in [5.41, 5.74) is 4.84. The average Bonchev–Trinajstić information content (AvgIpc) is 3.08. The summed E-state index contributed by atoms with van der Waals surface area (Å²) in [7, 11) is 9.51. The van der Waals surface area contributed by atoms with Crippen molar-refractivity contribution in [2.75, 3.05) is 66.9 Å². The van der Waals surface area contributed by atoms with E-state index in [4.69, 9.17) is 18.9 Å². The fraction of sp³-hybridized carbons (Fsp3) is 0.342. The smallest absolute Gasteiger partial charge is 0.255 e. The molecule has 1 aliphatic rings. The number of hydrogen-bond acceptors (Lipinski definition) is 7. The number of amides is 1. The lowest BCUT2D eigenvalue weighted by atomic mass is 10.0. The topological polar surface area (TPSA) is 72.5 Å². The molecule has 0 aromatic heterocycles. The number of methoxy groups -OCH3 is 2. The summed E-state index contributed by atoms with van der Waals surface area (Å²) in [6, 6.07) is 27.1. The number of piperidine rings is 1. The van der Waals surface area contributed by atoms with Gasteiger partial charge in [0.05, 0.1) is 20.8 Å². The molecule has 1 heterocycles. The fourth-order valence-electron chi connectivity index (χ4n) is 5.60. The zero-order chi connectivity index (χ0) is 32.5. The molecule has 1 aliphatic heterocycles. The van der Waals surface area contributed by atoms with Crippen molar-refractivity contribution in [2.24, 2.45) is 0 Å². The van der Waals surface area contributed by atoms with E-state index in [1.54, 1.807) is 20.3 Å². The summed E-state index contributed by atoms with van der Waals surface area (Å²) < 4.78 is 23.6. The molecular weight excluding hydrogens is 578 g/mol. The highest BCUT2D eigenvalue weighted by atomic mass is 16.5. The van der Waals surface area contributed by atoms with E-state index < -0.39 is 0 Å². The maximum absolute atomic E-state index is 13.5. The predicted molar refractivity (Wildman–Crippen MR) is 185 cm³/mol. The number of benzene rings is 4. The highest BCUT2D eigenvalue weighted by Gasteiger charge is 2.19. The Bertz CT molecular complexity index is 1600. The van der Waals surface area contributed by atoms with Crippen molar-refractivity contribution < 1.29 is 23.7 Å². The Morgan fingerprint density at radius 2 is 1.61 bits per heavy atom. The van der Waals surface area contributed by atoms with Gasteiger partial charge in [-0.25, -0.2) is 0 Å². The van der Waals surface area contributed by atoms with E-state index >= 15 is 0 Å². The molecule has 0 bridgehead atoms. The van der Waals surface area contributed by atoms with Gasteiger partial charge in [-0.2, -0.15) is 0 Å². The van der Waals surface area contributed by atoms with Crippen LogP contribution in [0.5, 0.6) is 23.0 Å². The average molecular weight is 624 g/mol. The number of carbonyl (C=O) groups excluding carboxylic acids is 1. The van der Waals surface area contributed by atoms with E-state index in [-0.39, 0.29) is 12.0 Å². The standard InChI is InChI=1S/C38H45N3O5/c1-40(2)20-7-23-45-37-26-30(13-16-34(37)27-10-14-31(15-11-27)46-32-18-21-41(3)22-19-32)39-38(42)29-12-17-36(44-5)35(25-29)28-8-6-9-33(24-28)43-4/h6,8-17,24-26,32H,7,18-23H2,1-5H3,(H,39,42). The van der Waals surface area contributed by atoms with Gasteiger partial charge in [0, 0.05) is 48.1 Å². The van der Waals surface area contributed by atoms with Crippen LogP contribution in [0.4, 0.5) is 5.69 Å². The van der Waals surface area contributed by atoms with Crippen LogP contribution in [0.1, 0.15) is 29.6 Å². The Balaban J connectivity index is 1.35. The maximum Gasteiger partial charge on any atom is 0.255 e. The molecule has 0 aliphatic carbocycles. The summed E-state index contributed by atoms with van der Waals surface area (Å²) in [4.78, 5) is 18.0. The normalized spacial score (nSPS) is 13.8. The van der Waals surface area contributed by atoms with Gasteiger partial charge < -0.3 is 34.1 Å².